The van der Waals surface area contributed by atoms with Crippen molar-refractivity contribution in [3.8, 4) is 27.6 Å². The number of H-pyrrole nitrogens is 1. The number of aryl methyl sites for hydroxylation is 1. The molecule has 16 nitrogen and oxygen atoms in total. The first-order chi connectivity index (χ1) is 30.6. The van der Waals surface area contributed by atoms with E-state index in [0.717, 1.165) is 27.4 Å². The molecule has 0 unspecified atom stereocenters. The highest BCUT2D eigenvalue weighted by Crippen LogP contribution is 2.33. The third kappa shape index (κ3) is 10.6. The molecule has 0 spiro atoms. The van der Waals surface area contributed by atoms with Gasteiger partial charge in [0, 0.05) is 44.0 Å². The van der Waals surface area contributed by atoms with E-state index in [-0.39, 0.29) is 42.6 Å². The number of anilines is 2. The van der Waals surface area contributed by atoms with Crippen molar-refractivity contribution in [1.82, 2.24) is 35.7 Å². The zero-order valence-corrected chi connectivity index (χ0v) is 38.1. The van der Waals surface area contributed by atoms with Crippen LogP contribution in [0.4, 0.5) is 11.4 Å². The zero-order chi connectivity index (χ0) is 45.7. The number of β-amino-alcohol motifs (C(OH)–C–C–N with tert-alkyl or cyclic N) is 1. The molecule has 4 amide bonds. The Kier molecular flexibility index (Phi) is 14.1. The lowest BCUT2D eigenvalue weighted by atomic mass is 9.85. The summed E-state index contributed by atoms with van der Waals surface area (Å²) in [5.41, 5.74) is 6.86. The second-order valence-electron chi connectivity index (χ2n) is 17.5. The van der Waals surface area contributed by atoms with Gasteiger partial charge in [0.2, 0.25) is 17.7 Å². The van der Waals surface area contributed by atoms with Crippen LogP contribution in [0.2, 0.25) is 0 Å². The molecule has 0 radical (unpaired) electrons. The van der Waals surface area contributed by atoms with Gasteiger partial charge in [0.15, 0.2) is 0 Å². The molecule has 2 saturated heterocycles. The number of pyridine rings is 1. The lowest BCUT2D eigenvalue weighted by Crippen LogP contribution is -2.59. The number of carbonyl (C=O) groups excluding carboxylic acids is 4. The van der Waals surface area contributed by atoms with E-state index in [4.69, 9.17) is 9.47 Å². The lowest BCUT2D eigenvalue weighted by Gasteiger charge is -2.37. The van der Waals surface area contributed by atoms with Crippen LogP contribution in [0.25, 0.3) is 21.8 Å². The highest BCUT2D eigenvalue weighted by molar-refractivity contribution is 7.13. The minimum atomic E-state index is -0.986. The number of methoxy groups -OCH3 is 1. The molecule has 2 fully saturated rings. The predicted molar refractivity (Wildman–Crippen MR) is 245 cm³/mol. The molecule has 5 N–H and O–H groups in total. The molecule has 5 atom stereocenters. The van der Waals surface area contributed by atoms with Gasteiger partial charge < -0.3 is 40.3 Å². The molecule has 5 aromatic rings. The molecule has 2 aliphatic rings. The average Bonchev–Trinajstić information content (AvgIpc) is 4.07. The number of aliphatic hydroxyl groups is 1. The molecule has 5 heterocycles. The number of hydrogen-bond donors (Lipinski definition) is 5. The first-order valence-corrected chi connectivity index (χ1v) is 22.4. The number of hydrogen-bond acceptors (Lipinski definition) is 12. The number of thiazole rings is 1. The number of nitrogens with one attached hydrogen (secondary N) is 4. The number of amides is 4. The molecule has 64 heavy (non-hydrogen) atoms. The number of rotatable bonds is 14. The van der Waals surface area contributed by atoms with Crippen molar-refractivity contribution < 1.29 is 33.8 Å². The van der Waals surface area contributed by atoms with Crippen molar-refractivity contribution in [2.45, 2.75) is 97.2 Å². The van der Waals surface area contributed by atoms with Gasteiger partial charge in [0.05, 0.1) is 52.8 Å². The van der Waals surface area contributed by atoms with Crippen LogP contribution in [0.15, 0.2) is 78.4 Å². The van der Waals surface area contributed by atoms with Crippen LogP contribution in [0, 0.1) is 12.3 Å². The Bertz CT molecular complexity index is 2430. The monoisotopic (exact) mass is 891 g/mol. The Hall–Kier alpha value is -6.17. The first kappa shape index (κ1) is 45.8. The highest BCUT2D eigenvalue weighted by Gasteiger charge is 2.45. The van der Waals surface area contributed by atoms with Crippen LogP contribution in [0.5, 0.6) is 5.75 Å². The number of carbonyl (C=O) groups is 4. The number of benzene rings is 2. The third-order valence-electron chi connectivity index (χ3n) is 11.8. The fourth-order valence-electron chi connectivity index (χ4n) is 8.15. The van der Waals surface area contributed by atoms with Crippen molar-refractivity contribution in [3.05, 3.63) is 95.4 Å². The molecule has 338 valence electrons. The fraction of sp³-hybridized carbons (Fsp3) is 0.426. The van der Waals surface area contributed by atoms with Crippen molar-refractivity contribution in [1.29, 1.82) is 0 Å². The quantitative estimate of drug-likeness (QED) is 0.0887. The summed E-state index contributed by atoms with van der Waals surface area (Å²) in [6.45, 7) is 12.4. The maximum atomic E-state index is 14.3. The van der Waals surface area contributed by atoms with Crippen LogP contribution in [-0.2, 0) is 19.1 Å². The molecule has 0 bridgehead atoms. The Morgan fingerprint density at radius 2 is 1.72 bits per heavy atom. The number of nitrogens with zero attached hydrogens (tertiary/aromatic N) is 5. The van der Waals surface area contributed by atoms with Gasteiger partial charge in [0.1, 0.15) is 35.3 Å². The summed E-state index contributed by atoms with van der Waals surface area (Å²) in [7, 11) is 1.55. The number of likely N-dealkylation sites (tertiary alicyclic amines) is 1. The number of aliphatic hydroxyl groups excluding tert-OH is 1. The van der Waals surface area contributed by atoms with Crippen LogP contribution in [0.1, 0.15) is 81.7 Å². The smallest absolute Gasteiger partial charge is 0.274 e. The van der Waals surface area contributed by atoms with E-state index in [1.54, 1.807) is 61.9 Å². The van der Waals surface area contributed by atoms with Crippen LogP contribution < -0.4 is 25.6 Å². The zero-order valence-electron chi connectivity index (χ0n) is 37.3. The van der Waals surface area contributed by atoms with Crippen LogP contribution in [0.3, 0.4) is 0 Å². The molecule has 0 aliphatic carbocycles. The van der Waals surface area contributed by atoms with Crippen LogP contribution in [-0.4, -0.2) is 111 Å². The standard InChI is InChI=1S/C47H57N9O7S/c1-27(30-11-13-31(14-12-30)41-28(2)48-26-64-41)50-45(60)39-24-33(57)25-56(39)46(61)42(47(4,5)6)53-43(58)29(3)63-34-18-21-55(22-19-34)32-15-16-37(40(23-32)62-7)52-44(59)38-10-8-9-35(51-38)36-17-20-49-54-36/h8-17,20,23,26-27,29,33-34,39,42,57H,18-19,21-22,24-25H2,1-7H3,(H,49,54)(H,50,60)(H,52,59)(H,53,58)/t27-,29-,33+,39-,42+/m0/s1. The van der Waals surface area contributed by atoms with Gasteiger partial charge in [-0.1, -0.05) is 51.1 Å². The average molecular weight is 892 g/mol. The van der Waals surface area contributed by atoms with Gasteiger partial charge in [-0.15, -0.1) is 11.3 Å². The number of aromatic nitrogens is 4. The number of aromatic amines is 1. The molecule has 17 heteroatoms. The maximum absolute atomic E-state index is 14.3. The van der Waals surface area contributed by atoms with Gasteiger partial charge in [-0.25, -0.2) is 9.97 Å². The minimum absolute atomic E-state index is 0.0241. The van der Waals surface area contributed by atoms with Crippen LogP contribution >= 0.6 is 11.3 Å². The Labute approximate surface area is 377 Å². The second-order valence-corrected chi connectivity index (χ2v) is 18.3. The molecule has 2 aromatic carbocycles. The number of ether oxygens (including phenoxy) is 2. The van der Waals surface area contributed by atoms with Crippen molar-refractivity contribution >= 4 is 46.3 Å². The SMILES string of the molecule is COc1cc(N2CCC(O[C@@H](C)C(=O)N[C@H](C(=O)N3C[C@H](O)C[C@H]3C(=O)N[C@@H](C)c3ccc(-c4scnc4C)cc3)C(C)(C)C)CC2)ccc1NC(=O)c1cccc(-c2cc[nH]n2)n1. The first-order valence-electron chi connectivity index (χ1n) is 21.6. The van der Waals surface area contributed by atoms with Gasteiger partial charge in [-0.3, -0.25) is 24.3 Å². The Balaban J connectivity index is 0.915. The van der Waals surface area contributed by atoms with E-state index >= 15 is 0 Å². The maximum Gasteiger partial charge on any atom is 0.274 e. The lowest BCUT2D eigenvalue weighted by molar-refractivity contribution is -0.147. The highest BCUT2D eigenvalue weighted by atomic mass is 32.1. The van der Waals surface area contributed by atoms with Crippen molar-refractivity contribution in [3.63, 3.8) is 0 Å². The van der Waals surface area contributed by atoms with Gasteiger partial charge in [0.25, 0.3) is 5.91 Å². The van der Waals surface area contributed by atoms with E-state index < -0.39 is 41.5 Å². The summed E-state index contributed by atoms with van der Waals surface area (Å²) >= 11 is 1.57. The largest absolute Gasteiger partial charge is 0.494 e. The van der Waals surface area contributed by atoms with E-state index in [2.05, 4.69) is 41.0 Å². The fourth-order valence-corrected chi connectivity index (χ4v) is 8.96. The molecular weight excluding hydrogens is 835 g/mol. The summed E-state index contributed by atoms with van der Waals surface area (Å²) in [4.78, 5) is 68.4. The molecule has 7 rings (SSSR count). The van der Waals surface area contributed by atoms with Gasteiger partial charge in [-0.2, -0.15) is 5.10 Å². The third-order valence-corrected chi connectivity index (χ3v) is 12.8. The topological polar surface area (TPSA) is 204 Å². The second kappa shape index (κ2) is 19.7. The summed E-state index contributed by atoms with van der Waals surface area (Å²) in [5.74, 6) is -1.13. The normalized spacial score (nSPS) is 18.2. The van der Waals surface area contributed by atoms with E-state index in [9.17, 15) is 24.3 Å². The summed E-state index contributed by atoms with van der Waals surface area (Å²) in [6, 6.07) is 18.2. The summed E-state index contributed by atoms with van der Waals surface area (Å²) in [5, 5.41) is 26.5. The van der Waals surface area contributed by atoms with E-state index in [0.29, 0.717) is 48.8 Å². The Morgan fingerprint density at radius 1 is 0.969 bits per heavy atom. The molecule has 2 aliphatic heterocycles. The van der Waals surface area contributed by atoms with Gasteiger partial charge in [-0.05, 0) is 80.5 Å². The molecular formula is C47H57N9O7S. The van der Waals surface area contributed by atoms with Crippen molar-refractivity contribution in [2.24, 2.45) is 5.41 Å². The summed E-state index contributed by atoms with van der Waals surface area (Å²) in [6.07, 6.45) is 1.12. The number of piperidine rings is 1. The minimum Gasteiger partial charge on any atom is -0.494 e. The van der Waals surface area contributed by atoms with Gasteiger partial charge >= 0.3 is 0 Å². The predicted octanol–water partition coefficient (Wildman–Crippen LogP) is 5.91. The van der Waals surface area contributed by atoms with E-state index in [1.165, 1.54) is 4.90 Å². The Morgan fingerprint density at radius 3 is 2.38 bits per heavy atom. The summed E-state index contributed by atoms with van der Waals surface area (Å²) < 4.78 is 11.9. The molecule has 0 saturated carbocycles. The van der Waals surface area contributed by atoms with Crippen molar-refractivity contribution in [2.75, 3.05) is 37.0 Å². The molecule has 3 aromatic heterocycles. The van der Waals surface area contributed by atoms with E-state index in [1.807, 2.05) is 76.5 Å².